The van der Waals surface area contributed by atoms with Crippen LogP contribution in [0.4, 0.5) is 0 Å². The minimum absolute atomic E-state index is 0.0256. The van der Waals surface area contributed by atoms with E-state index in [2.05, 4.69) is 15.3 Å². The second-order valence-corrected chi connectivity index (χ2v) is 5.17. The minimum atomic E-state index is 0.0256. The largest absolute Gasteiger partial charge is 0.353 e. The van der Waals surface area contributed by atoms with Crippen molar-refractivity contribution in [2.24, 2.45) is 0 Å². The summed E-state index contributed by atoms with van der Waals surface area (Å²) in [6, 6.07) is 7.96. The van der Waals surface area contributed by atoms with Gasteiger partial charge in [0.25, 0.3) is 0 Å². The number of hydrogen-bond donors (Lipinski definition) is 1. The standard InChI is InChI=1S/C13H15N3OS/c1-9(2)16-12(17)7-18-13-10-5-3-4-6-11(10)14-8-15-13/h3-6,8-9H,7H2,1-2H3,(H,16,17). The predicted octanol–water partition coefficient (Wildman–Crippen LogP) is 2.25. The molecule has 2 aromatic rings. The van der Waals surface area contributed by atoms with Crippen molar-refractivity contribution in [3.05, 3.63) is 30.6 Å². The average molecular weight is 261 g/mol. The van der Waals surface area contributed by atoms with Gasteiger partial charge in [-0.3, -0.25) is 4.79 Å². The molecule has 0 saturated heterocycles. The number of nitrogens with one attached hydrogen (secondary N) is 1. The molecule has 18 heavy (non-hydrogen) atoms. The highest BCUT2D eigenvalue weighted by Crippen LogP contribution is 2.23. The molecule has 0 aliphatic rings. The number of hydrogen-bond acceptors (Lipinski definition) is 4. The second kappa shape index (κ2) is 5.82. The Morgan fingerprint density at radius 2 is 2.11 bits per heavy atom. The van der Waals surface area contributed by atoms with E-state index in [1.54, 1.807) is 0 Å². The highest BCUT2D eigenvalue weighted by Gasteiger charge is 2.08. The van der Waals surface area contributed by atoms with E-state index in [-0.39, 0.29) is 11.9 Å². The van der Waals surface area contributed by atoms with Crippen LogP contribution in [0.2, 0.25) is 0 Å². The van der Waals surface area contributed by atoms with Crippen molar-refractivity contribution < 1.29 is 4.79 Å². The molecule has 1 N–H and O–H groups in total. The molecule has 0 saturated carbocycles. The van der Waals surface area contributed by atoms with Crippen molar-refractivity contribution in [2.45, 2.75) is 24.9 Å². The zero-order chi connectivity index (χ0) is 13.0. The maximum atomic E-state index is 11.6. The van der Waals surface area contributed by atoms with E-state index >= 15 is 0 Å². The quantitative estimate of drug-likeness (QED) is 0.677. The summed E-state index contributed by atoms with van der Waals surface area (Å²) in [5.74, 6) is 0.400. The molecular formula is C13H15N3OS. The van der Waals surface area contributed by atoms with Gasteiger partial charge in [0.15, 0.2) is 0 Å². The maximum absolute atomic E-state index is 11.6. The third-order valence-corrected chi connectivity index (χ3v) is 3.30. The predicted molar refractivity (Wildman–Crippen MR) is 73.5 cm³/mol. The highest BCUT2D eigenvalue weighted by atomic mass is 32.2. The van der Waals surface area contributed by atoms with Crippen LogP contribution in [-0.2, 0) is 4.79 Å². The molecule has 1 aromatic carbocycles. The lowest BCUT2D eigenvalue weighted by atomic mass is 10.2. The minimum Gasteiger partial charge on any atom is -0.353 e. The summed E-state index contributed by atoms with van der Waals surface area (Å²) in [4.78, 5) is 20.0. The number of thioether (sulfide) groups is 1. The first-order valence-corrected chi connectivity index (χ1v) is 6.77. The summed E-state index contributed by atoms with van der Waals surface area (Å²) < 4.78 is 0. The summed E-state index contributed by atoms with van der Waals surface area (Å²) in [6.45, 7) is 3.89. The Bertz CT molecular complexity index is 551. The Hall–Kier alpha value is -1.62. The third-order valence-electron chi connectivity index (χ3n) is 2.30. The fourth-order valence-electron chi connectivity index (χ4n) is 1.59. The van der Waals surface area contributed by atoms with Gasteiger partial charge >= 0.3 is 0 Å². The van der Waals surface area contributed by atoms with Gasteiger partial charge in [-0.25, -0.2) is 9.97 Å². The number of benzene rings is 1. The number of fused-ring (bicyclic) bond motifs is 1. The lowest BCUT2D eigenvalue weighted by Crippen LogP contribution is -2.31. The number of para-hydroxylation sites is 1. The molecule has 1 amide bonds. The topological polar surface area (TPSA) is 54.9 Å². The van der Waals surface area contributed by atoms with E-state index in [1.807, 2.05) is 38.1 Å². The van der Waals surface area contributed by atoms with Crippen molar-refractivity contribution in [3.63, 3.8) is 0 Å². The SMILES string of the molecule is CC(C)NC(=O)CSc1ncnc2ccccc12. The first-order valence-electron chi connectivity index (χ1n) is 5.78. The fourth-order valence-corrected chi connectivity index (χ4v) is 2.39. The molecule has 2 rings (SSSR count). The van der Waals surface area contributed by atoms with Crippen LogP contribution in [0.1, 0.15) is 13.8 Å². The molecule has 0 unspecified atom stereocenters. The molecule has 0 atom stereocenters. The van der Waals surface area contributed by atoms with Crippen molar-refractivity contribution >= 4 is 28.6 Å². The van der Waals surface area contributed by atoms with Crippen molar-refractivity contribution in [3.8, 4) is 0 Å². The molecule has 0 aliphatic carbocycles. The summed E-state index contributed by atoms with van der Waals surface area (Å²) in [7, 11) is 0. The summed E-state index contributed by atoms with van der Waals surface area (Å²) in [5.41, 5.74) is 0.902. The Labute approximate surface area is 110 Å². The van der Waals surface area contributed by atoms with E-state index in [9.17, 15) is 4.79 Å². The Morgan fingerprint density at radius 1 is 1.33 bits per heavy atom. The van der Waals surface area contributed by atoms with Gasteiger partial charge < -0.3 is 5.32 Å². The second-order valence-electron chi connectivity index (χ2n) is 4.21. The summed E-state index contributed by atoms with van der Waals surface area (Å²) in [5, 5.41) is 4.69. The van der Waals surface area contributed by atoms with Gasteiger partial charge in [0.1, 0.15) is 11.4 Å². The van der Waals surface area contributed by atoms with Crippen LogP contribution < -0.4 is 5.32 Å². The Kier molecular flexibility index (Phi) is 4.15. The molecule has 0 bridgehead atoms. The molecule has 5 heteroatoms. The molecule has 1 heterocycles. The van der Waals surface area contributed by atoms with Crippen LogP contribution in [0.3, 0.4) is 0 Å². The van der Waals surface area contributed by atoms with Gasteiger partial charge in [0.2, 0.25) is 5.91 Å². The van der Waals surface area contributed by atoms with Crippen LogP contribution in [0, 0.1) is 0 Å². The van der Waals surface area contributed by atoms with Crippen molar-refractivity contribution in [2.75, 3.05) is 5.75 Å². The molecule has 1 aromatic heterocycles. The average Bonchev–Trinajstić information content (AvgIpc) is 2.35. The van der Waals surface area contributed by atoms with Gasteiger partial charge in [-0.05, 0) is 19.9 Å². The van der Waals surface area contributed by atoms with Crippen LogP contribution in [0.15, 0.2) is 35.6 Å². The fraction of sp³-hybridized carbons (Fsp3) is 0.308. The highest BCUT2D eigenvalue weighted by molar-refractivity contribution is 8.00. The molecule has 94 valence electrons. The number of amides is 1. The molecule has 0 spiro atoms. The van der Waals surface area contributed by atoms with Crippen molar-refractivity contribution in [1.29, 1.82) is 0 Å². The van der Waals surface area contributed by atoms with Crippen LogP contribution >= 0.6 is 11.8 Å². The van der Waals surface area contributed by atoms with E-state index in [0.29, 0.717) is 5.75 Å². The lowest BCUT2D eigenvalue weighted by Gasteiger charge is -2.08. The molecule has 0 fully saturated rings. The zero-order valence-corrected chi connectivity index (χ0v) is 11.2. The lowest BCUT2D eigenvalue weighted by molar-refractivity contribution is -0.119. The number of carbonyl (C=O) groups is 1. The van der Waals surface area contributed by atoms with Crippen LogP contribution in [-0.4, -0.2) is 27.7 Å². The van der Waals surface area contributed by atoms with E-state index in [4.69, 9.17) is 0 Å². The van der Waals surface area contributed by atoms with Gasteiger partial charge in [-0.2, -0.15) is 0 Å². The third kappa shape index (κ3) is 3.20. The van der Waals surface area contributed by atoms with Gasteiger partial charge in [-0.1, -0.05) is 30.0 Å². The number of nitrogens with zero attached hydrogens (tertiary/aromatic N) is 2. The normalized spacial score (nSPS) is 10.8. The van der Waals surface area contributed by atoms with E-state index in [1.165, 1.54) is 18.1 Å². The molecule has 0 aliphatic heterocycles. The monoisotopic (exact) mass is 261 g/mol. The van der Waals surface area contributed by atoms with Crippen LogP contribution in [0.5, 0.6) is 0 Å². The number of carbonyl (C=O) groups excluding carboxylic acids is 1. The van der Waals surface area contributed by atoms with Crippen molar-refractivity contribution in [1.82, 2.24) is 15.3 Å². The van der Waals surface area contributed by atoms with Crippen LogP contribution in [0.25, 0.3) is 10.9 Å². The maximum Gasteiger partial charge on any atom is 0.230 e. The summed E-state index contributed by atoms with van der Waals surface area (Å²) >= 11 is 1.44. The molecule has 4 nitrogen and oxygen atoms in total. The first-order chi connectivity index (χ1) is 8.66. The van der Waals surface area contributed by atoms with E-state index < -0.39 is 0 Å². The van der Waals surface area contributed by atoms with Gasteiger partial charge in [0.05, 0.1) is 11.3 Å². The number of aromatic nitrogens is 2. The molecular weight excluding hydrogens is 246 g/mol. The smallest absolute Gasteiger partial charge is 0.230 e. The summed E-state index contributed by atoms with van der Waals surface area (Å²) in [6.07, 6.45) is 1.53. The first kappa shape index (κ1) is 12.8. The van der Waals surface area contributed by atoms with E-state index in [0.717, 1.165) is 15.9 Å². The van der Waals surface area contributed by atoms with Gasteiger partial charge in [0, 0.05) is 11.4 Å². The molecule has 0 radical (unpaired) electrons. The Morgan fingerprint density at radius 3 is 2.89 bits per heavy atom. The zero-order valence-electron chi connectivity index (χ0n) is 10.4. The Balaban J connectivity index is 2.10. The van der Waals surface area contributed by atoms with Gasteiger partial charge in [-0.15, -0.1) is 0 Å². The number of rotatable bonds is 4.